The van der Waals surface area contributed by atoms with Crippen molar-refractivity contribution in [2.75, 3.05) is 17.7 Å². The van der Waals surface area contributed by atoms with Crippen LogP contribution in [0.25, 0.3) is 11.3 Å². The molecular weight excluding hydrogens is 369 g/mol. The molecule has 3 rings (SSSR count). The van der Waals surface area contributed by atoms with Crippen molar-refractivity contribution >= 4 is 17.3 Å². The van der Waals surface area contributed by atoms with E-state index in [1.807, 2.05) is 6.92 Å². The largest absolute Gasteiger partial charge is 0.416 e. The van der Waals surface area contributed by atoms with Crippen LogP contribution in [0.2, 0.25) is 0 Å². The van der Waals surface area contributed by atoms with E-state index in [9.17, 15) is 13.2 Å². The molecule has 2 aromatic heterocycles. The Kier molecular flexibility index (Phi) is 4.96. The number of anilines is 3. The highest BCUT2D eigenvalue weighted by Gasteiger charge is 2.31. The number of nitrogens with one attached hydrogen (secondary N) is 3. The lowest BCUT2D eigenvalue weighted by Crippen LogP contribution is -2.07. The second kappa shape index (κ2) is 7.23. The Balaban J connectivity index is 1.99. The first-order valence-corrected chi connectivity index (χ1v) is 8.32. The first-order valence-electron chi connectivity index (χ1n) is 8.32. The lowest BCUT2D eigenvalue weighted by atomic mass is 10.1. The molecular formula is C19H17F3N6. The summed E-state index contributed by atoms with van der Waals surface area (Å²) in [4.78, 5) is 11.5. The molecule has 1 aromatic carbocycles. The van der Waals surface area contributed by atoms with E-state index in [4.69, 9.17) is 5.26 Å². The van der Waals surface area contributed by atoms with Crippen LogP contribution in [0.15, 0.2) is 30.5 Å². The standard InChI is InChI=1S/C19H17F3N6/c1-10-16(9-23)26-11(2)17(10)15-4-5-25-18(28-15)27-14-7-12(19(20,21)22)6-13(8-14)24-3/h4-8,24,26H,1-3H3,(H,25,27,28). The molecule has 0 unspecified atom stereocenters. The van der Waals surface area contributed by atoms with Crippen molar-refractivity contribution in [3.05, 3.63) is 53.0 Å². The summed E-state index contributed by atoms with van der Waals surface area (Å²) in [6, 6.07) is 7.32. The minimum atomic E-state index is -4.47. The van der Waals surface area contributed by atoms with Gasteiger partial charge in [0, 0.05) is 35.9 Å². The summed E-state index contributed by atoms with van der Waals surface area (Å²) in [5.74, 6) is 0.150. The van der Waals surface area contributed by atoms with Crippen LogP contribution in [0.3, 0.4) is 0 Å². The van der Waals surface area contributed by atoms with Crippen LogP contribution < -0.4 is 10.6 Å². The molecule has 2 heterocycles. The second-order valence-electron chi connectivity index (χ2n) is 6.17. The summed E-state index contributed by atoms with van der Waals surface area (Å²) in [6.07, 6.45) is -2.96. The molecule has 3 N–H and O–H groups in total. The molecule has 0 amide bonds. The van der Waals surface area contributed by atoms with Crippen LogP contribution in [0, 0.1) is 25.2 Å². The van der Waals surface area contributed by atoms with Gasteiger partial charge in [0.25, 0.3) is 0 Å². The van der Waals surface area contributed by atoms with Crippen molar-refractivity contribution in [3.8, 4) is 17.3 Å². The Morgan fingerprint density at radius 3 is 2.46 bits per heavy atom. The number of alkyl halides is 3. The zero-order valence-electron chi connectivity index (χ0n) is 15.4. The van der Waals surface area contributed by atoms with E-state index in [0.29, 0.717) is 17.1 Å². The highest BCUT2D eigenvalue weighted by molar-refractivity contribution is 5.71. The van der Waals surface area contributed by atoms with Gasteiger partial charge in [-0.25, -0.2) is 9.97 Å². The average Bonchev–Trinajstić information content (AvgIpc) is 2.94. The fourth-order valence-corrected chi connectivity index (χ4v) is 2.94. The molecule has 0 fully saturated rings. The topological polar surface area (TPSA) is 89.4 Å². The van der Waals surface area contributed by atoms with Gasteiger partial charge in [-0.3, -0.25) is 0 Å². The molecule has 0 bridgehead atoms. The molecule has 9 heteroatoms. The molecule has 0 aliphatic carbocycles. The van der Waals surface area contributed by atoms with Gasteiger partial charge in [0.1, 0.15) is 11.8 Å². The Morgan fingerprint density at radius 2 is 1.86 bits per heavy atom. The molecule has 0 aliphatic rings. The normalized spacial score (nSPS) is 11.2. The Bertz CT molecular complexity index is 1060. The van der Waals surface area contributed by atoms with E-state index >= 15 is 0 Å². The number of aromatic amines is 1. The van der Waals surface area contributed by atoms with Crippen molar-refractivity contribution in [1.82, 2.24) is 15.0 Å². The number of aryl methyl sites for hydroxylation is 1. The number of hydrogen-bond acceptors (Lipinski definition) is 5. The zero-order chi connectivity index (χ0) is 20.5. The summed E-state index contributed by atoms with van der Waals surface area (Å²) >= 11 is 0. The molecule has 0 aliphatic heterocycles. The summed E-state index contributed by atoms with van der Waals surface area (Å²) in [7, 11) is 1.54. The molecule has 28 heavy (non-hydrogen) atoms. The number of halogens is 3. The van der Waals surface area contributed by atoms with Crippen molar-refractivity contribution < 1.29 is 13.2 Å². The maximum absolute atomic E-state index is 13.1. The lowest BCUT2D eigenvalue weighted by Gasteiger charge is -2.13. The second-order valence-corrected chi connectivity index (χ2v) is 6.17. The van der Waals surface area contributed by atoms with E-state index in [1.54, 1.807) is 20.0 Å². The third-order valence-electron chi connectivity index (χ3n) is 4.27. The van der Waals surface area contributed by atoms with Gasteiger partial charge in [-0.05, 0) is 43.7 Å². The van der Waals surface area contributed by atoms with Gasteiger partial charge in [-0.2, -0.15) is 18.4 Å². The van der Waals surface area contributed by atoms with Crippen molar-refractivity contribution in [1.29, 1.82) is 5.26 Å². The first kappa shape index (κ1) is 19.2. The predicted octanol–water partition coefficient (Wildman–Crippen LogP) is 4.76. The first-order chi connectivity index (χ1) is 13.2. The summed E-state index contributed by atoms with van der Waals surface area (Å²) < 4.78 is 39.3. The number of aromatic nitrogens is 3. The highest BCUT2D eigenvalue weighted by atomic mass is 19.4. The summed E-state index contributed by atoms with van der Waals surface area (Å²) in [5.41, 5.74) is 3.02. The number of rotatable bonds is 4. The predicted molar refractivity (Wildman–Crippen MR) is 100 cm³/mol. The smallest absolute Gasteiger partial charge is 0.388 e. The van der Waals surface area contributed by atoms with Gasteiger partial charge in [-0.15, -0.1) is 0 Å². The third-order valence-corrected chi connectivity index (χ3v) is 4.27. The van der Waals surface area contributed by atoms with E-state index in [-0.39, 0.29) is 11.6 Å². The highest BCUT2D eigenvalue weighted by Crippen LogP contribution is 2.34. The number of nitriles is 1. The van der Waals surface area contributed by atoms with E-state index in [2.05, 4.69) is 31.7 Å². The van der Waals surface area contributed by atoms with Gasteiger partial charge in [0.2, 0.25) is 5.95 Å². The molecule has 0 saturated heterocycles. The summed E-state index contributed by atoms with van der Waals surface area (Å²) in [6.45, 7) is 3.63. The number of nitrogens with zero attached hydrogens (tertiary/aromatic N) is 3. The maximum atomic E-state index is 13.1. The van der Waals surface area contributed by atoms with Gasteiger partial charge >= 0.3 is 6.18 Å². The van der Waals surface area contributed by atoms with E-state index in [0.717, 1.165) is 29.0 Å². The van der Waals surface area contributed by atoms with Gasteiger partial charge in [0.05, 0.1) is 11.3 Å². The molecule has 0 spiro atoms. The summed E-state index contributed by atoms with van der Waals surface area (Å²) in [5, 5.41) is 14.7. The fourth-order valence-electron chi connectivity index (χ4n) is 2.94. The number of H-pyrrole nitrogens is 1. The monoisotopic (exact) mass is 386 g/mol. The van der Waals surface area contributed by atoms with Crippen LogP contribution in [0.4, 0.5) is 30.5 Å². The molecule has 3 aromatic rings. The zero-order valence-corrected chi connectivity index (χ0v) is 15.4. The average molecular weight is 386 g/mol. The molecule has 144 valence electrons. The minimum Gasteiger partial charge on any atom is -0.388 e. The Morgan fingerprint density at radius 1 is 1.14 bits per heavy atom. The van der Waals surface area contributed by atoms with E-state index in [1.165, 1.54) is 12.3 Å². The van der Waals surface area contributed by atoms with Crippen molar-refractivity contribution in [2.24, 2.45) is 0 Å². The lowest BCUT2D eigenvalue weighted by molar-refractivity contribution is -0.137. The van der Waals surface area contributed by atoms with Crippen LogP contribution in [-0.4, -0.2) is 22.0 Å². The van der Waals surface area contributed by atoms with Crippen molar-refractivity contribution in [3.63, 3.8) is 0 Å². The Hall–Kier alpha value is -3.54. The van der Waals surface area contributed by atoms with Gasteiger partial charge in [-0.1, -0.05) is 0 Å². The van der Waals surface area contributed by atoms with Gasteiger partial charge < -0.3 is 15.6 Å². The Labute approximate surface area is 159 Å². The van der Waals surface area contributed by atoms with Crippen LogP contribution in [0.5, 0.6) is 0 Å². The fraction of sp³-hybridized carbons (Fsp3) is 0.211. The SMILES string of the molecule is CNc1cc(Nc2nccc(-c3c(C)[nH]c(C#N)c3C)n2)cc(C(F)(F)F)c1. The van der Waals surface area contributed by atoms with Crippen molar-refractivity contribution in [2.45, 2.75) is 20.0 Å². The third kappa shape index (κ3) is 3.76. The number of hydrogen-bond donors (Lipinski definition) is 3. The van der Waals surface area contributed by atoms with Gasteiger partial charge in [0.15, 0.2) is 0 Å². The quantitative estimate of drug-likeness (QED) is 0.601. The molecule has 6 nitrogen and oxygen atoms in total. The van der Waals surface area contributed by atoms with Crippen LogP contribution in [-0.2, 0) is 6.18 Å². The molecule has 0 atom stereocenters. The molecule has 0 saturated carbocycles. The maximum Gasteiger partial charge on any atom is 0.416 e. The van der Waals surface area contributed by atoms with E-state index < -0.39 is 11.7 Å². The minimum absolute atomic E-state index is 0.150. The number of benzene rings is 1. The van der Waals surface area contributed by atoms with Crippen LogP contribution in [0.1, 0.15) is 22.5 Å². The van der Waals surface area contributed by atoms with Crippen LogP contribution >= 0.6 is 0 Å². The molecule has 0 radical (unpaired) electrons.